The zero-order chi connectivity index (χ0) is 26.1. The smallest absolute Gasteiger partial charge is 0.255 e. The second kappa shape index (κ2) is 10.4. The van der Waals surface area contributed by atoms with Crippen LogP contribution in [0.2, 0.25) is 5.02 Å². The molecule has 4 aromatic rings. The Labute approximate surface area is 227 Å². The number of benzene rings is 3. The average Bonchev–Trinajstić information content (AvgIpc) is 3.33. The van der Waals surface area contributed by atoms with Crippen molar-refractivity contribution in [1.29, 1.82) is 0 Å². The number of nitrogens with one attached hydrogen (secondary N) is 2. The summed E-state index contributed by atoms with van der Waals surface area (Å²) >= 11 is 9.93. The predicted octanol–water partition coefficient (Wildman–Crippen LogP) is 6.21. The van der Waals surface area contributed by atoms with Gasteiger partial charge in [-0.3, -0.25) is 4.79 Å². The van der Waals surface area contributed by atoms with Crippen LogP contribution in [0, 0.1) is 13.8 Å². The Kier molecular flexibility index (Phi) is 6.99. The van der Waals surface area contributed by atoms with Crippen molar-refractivity contribution in [2.24, 2.45) is 0 Å². The topological polar surface area (TPSA) is 94.0 Å². The first-order valence-corrected chi connectivity index (χ1v) is 12.8. The quantitative estimate of drug-likeness (QED) is 0.282. The van der Waals surface area contributed by atoms with Gasteiger partial charge in [-0.05, 0) is 67.1 Å². The SMILES string of the molecule is CC1=C(C(=O)Nc2ccc(C)cc2C)C(c2cc(Br)ccc2OCc2ccccc2Cl)n2nnnc2N1. The molecule has 1 amide bonds. The molecule has 0 saturated heterocycles. The van der Waals surface area contributed by atoms with Gasteiger partial charge in [0.05, 0.1) is 5.57 Å². The molecule has 0 radical (unpaired) electrons. The summed E-state index contributed by atoms with van der Waals surface area (Å²) in [6.07, 6.45) is 0. The van der Waals surface area contributed by atoms with Gasteiger partial charge in [-0.1, -0.05) is 68.5 Å². The summed E-state index contributed by atoms with van der Waals surface area (Å²) in [5, 5.41) is 19.0. The highest BCUT2D eigenvalue weighted by Crippen LogP contribution is 2.40. The van der Waals surface area contributed by atoms with E-state index in [1.54, 1.807) is 4.68 Å². The molecule has 1 aliphatic rings. The monoisotopic (exact) mass is 578 g/mol. The van der Waals surface area contributed by atoms with Crippen molar-refractivity contribution in [2.75, 3.05) is 10.6 Å². The van der Waals surface area contributed by atoms with Crippen molar-refractivity contribution in [3.63, 3.8) is 0 Å². The molecule has 2 N–H and O–H groups in total. The van der Waals surface area contributed by atoms with Crippen LogP contribution in [0.5, 0.6) is 5.75 Å². The van der Waals surface area contributed by atoms with Crippen molar-refractivity contribution in [3.05, 3.63) is 104 Å². The van der Waals surface area contributed by atoms with E-state index >= 15 is 0 Å². The summed E-state index contributed by atoms with van der Waals surface area (Å²) in [5.74, 6) is 0.754. The largest absolute Gasteiger partial charge is 0.488 e. The summed E-state index contributed by atoms with van der Waals surface area (Å²) in [6, 6.07) is 18.4. The van der Waals surface area contributed by atoms with Crippen LogP contribution in [0.4, 0.5) is 11.6 Å². The lowest BCUT2D eigenvalue weighted by atomic mass is 9.94. The minimum absolute atomic E-state index is 0.258. The first-order chi connectivity index (χ1) is 17.8. The van der Waals surface area contributed by atoms with Crippen LogP contribution in [0.25, 0.3) is 0 Å². The standard InChI is InChI=1S/C27H24BrClN6O2/c1-15-8-10-22(16(2)12-15)31-26(36)24-17(3)30-27-32-33-34-35(27)25(24)20-13-19(28)9-11-23(20)37-14-18-6-4-5-7-21(18)29/h4-13,25H,14H2,1-3H3,(H,31,36)(H,30,32,34). The van der Waals surface area contributed by atoms with E-state index in [9.17, 15) is 4.79 Å². The Morgan fingerprint density at radius 1 is 1.14 bits per heavy atom. The third-order valence-electron chi connectivity index (χ3n) is 6.20. The first-order valence-electron chi connectivity index (χ1n) is 11.6. The van der Waals surface area contributed by atoms with Gasteiger partial charge < -0.3 is 15.4 Å². The molecule has 1 unspecified atom stereocenters. The maximum Gasteiger partial charge on any atom is 0.255 e. The zero-order valence-electron chi connectivity index (χ0n) is 20.4. The lowest BCUT2D eigenvalue weighted by Crippen LogP contribution is -2.32. The first kappa shape index (κ1) is 25.0. The van der Waals surface area contributed by atoms with Crippen LogP contribution in [0.1, 0.15) is 35.2 Å². The van der Waals surface area contributed by atoms with Gasteiger partial charge in [0.2, 0.25) is 5.95 Å². The molecule has 1 aromatic heterocycles. The molecule has 37 heavy (non-hydrogen) atoms. The molecule has 0 fully saturated rings. The Balaban J connectivity index is 1.56. The number of allylic oxidation sites excluding steroid dienone is 1. The maximum atomic E-state index is 13.8. The lowest BCUT2D eigenvalue weighted by Gasteiger charge is -2.29. The number of rotatable bonds is 6. The molecule has 5 rings (SSSR count). The molecule has 0 saturated carbocycles. The van der Waals surface area contributed by atoms with E-state index in [-0.39, 0.29) is 12.5 Å². The number of nitrogens with zero attached hydrogens (tertiary/aromatic N) is 4. The van der Waals surface area contributed by atoms with Gasteiger partial charge in [-0.2, -0.15) is 4.68 Å². The maximum absolute atomic E-state index is 13.8. The van der Waals surface area contributed by atoms with Crippen LogP contribution in [0.3, 0.4) is 0 Å². The number of carbonyl (C=O) groups excluding carboxylic acids is 1. The zero-order valence-corrected chi connectivity index (χ0v) is 22.8. The molecule has 3 aromatic carbocycles. The summed E-state index contributed by atoms with van der Waals surface area (Å²) in [5.41, 5.74) is 5.53. The number of hydrogen-bond donors (Lipinski definition) is 2. The lowest BCUT2D eigenvalue weighted by molar-refractivity contribution is -0.113. The molecule has 10 heteroatoms. The third-order valence-corrected chi connectivity index (χ3v) is 7.06. The van der Waals surface area contributed by atoms with E-state index in [2.05, 4.69) is 42.1 Å². The van der Waals surface area contributed by atoms with Gasteiger partial charge in [0.25, 0.3) is 5.91 Å². The molecule has 2 heterocycles. The third kappa shape index (κ3) is 5.10. The number of carbonyl (C=O) groups is 1. The van der Waals surface area contributed by atoms with Gasteiger partial charge in [0, 0.05) is 32.0 Å². The molecule has 0 spiro atoms. The van der Waals surface area contributed by atoms with Gasteiger partial charge in [-0.25, -0.2) is 0 Å². The Hall–Kier alpha value is -3.69. The molecule has 1 atom stereocenters. The van der Waals surface area contributed by atoms with E-state index in [1.165, 1.54) is 0 Å². The Morgan fingerprint density at radius 2 is 1.95 bits per heavy atom. The van der Waals surface area contributed by atoms with Crippen LogP contribution in [-0.2, 0) is 11.4 Å². The van der Waals surface area contributed by atoms with Gasteiger partial charge in [-0.15, -0.1) is 0 Å². The molecule has 0 bridgehead atoms. The number of aromatic nitrogens is 4. The molecule has 8 nitrogen and oxygen atoms in total. The van der Waals surface area contributed by atoms with Crippen LogP contribution < -0.4 is 15.4 Å². The fraction of sp³-hybridized carbons (Fsp3) is 0.185. The summed E-state index contributed by atoms with van der Waals surface area (Å²) in [7, 11) is 0. The predicted molar refractivity (Wildman–Crippen MR) is 147 cm³/mol. The second-order valence-corrected chi connectivity index (χ2v) is 10.2. The number of anilines is 2. The molecule has 188 valence electrons. The molecular formula is C27H24BrClN6O2. The van der Waals surface area contributed by atoms with Crippen molar-refractivity contribution in [3.8, 4) is 5.75 Å². The molecule has 1 aliphatic heterocycles. The highest BCUT2D eigenvalue weighted by atomic mass is 79.9. The van der Waals surface area contributed by atoms with Gasteiger partial charge in [0.1, 0.15) is 18.4 Å². The van der Waals surface area contributed by atoms with E-state index in [0.29, 0.717) is 28.0 Å². The summed E-state index contributed by atoms with van der Waals surface area (Å²) in [6.45, 7) is 6.08. The van der Waals surface area contributed by atoms with Crippen molar-refractivity contribution in [1.82, 2.24) is 20.2 Å². The number of amides is 1. The van der Waals surface area contributed by atoms with Crippen molar-refractivity contribution in [2.45, 2.75) is 33.4 Å². The molecular weight excluding hydrogens is 556 g/mol. The van der Waals surface area contributed by atoms with E-state index in [0.717, 1.165) is 32.4 Å². The van der Waals surface area contributed by atoms with Crippen molar-refractivity contribution < 1.29 is 9.53 Å². The number of fused-ring (bicyclic) bond motifs is 1. The van der Waals surface area contributed by atoms with Crippen molar-refractivity contribution >= 4 is 45.1 Å². The normalized spacial score (nSPS) is 14.7. The minimum Gasteiger partial charge on any atom is -0.488 e. The number of aryl methyl sites for hydroxylation is 2. The Bertz CT molecular complexity index is 1530. The van der Waals surface area contributed by atoms with Gasteiger partial charge in [0.15, 0.2) is 0 Å². The minimum atomic E-state index is -0.643. The van der Waals surface area contributed by atoms with E-state index in [1.807, 2.05) is 81.4 Å². The van der Waals surface area contributed by atoms with Crippen LogP contribution in [0.15, 0.2) is 76.4 Å². The van der Waals surface area contributed by atoms with Crippen LogP contribution >= 0.6 is 27.5 Å². The number of hydrogen-bond acceptors (Lipinski definition) is 6. The highest BCUT2D eigenvalue weighted by Gasteiger charge is 2.36. The fourth-order valence-electron chi connectivity index (χ4n) is 4.37. The Morgan fingerprint density at radius 3 is 2.73 bits per heavy atom. The number of halogens is 2. The average molecular weight is 580 g/mol. The number of tetrazole rings is 1. The number of ether oxygens (including phenoxy) is 1. The summed E-state index contributed by atoms with van der Waals surface area (Å²) in [4.78, 5) is 13.8. The van der Waals surface area contributed by atoms with E-state index < -0.39 is 6.04 Å². The van der Waals surface area contributed by atoms with Crippen LogP contribution in [-0.4, -0.2) is 26.1 Å². The van der Waals surface area contributed by atoms with Gasteiger partial charge >= 0.3 is 0 Å². The second-order valence-electron chi connectivity index (χ2n) is 8.85. The highest BCUT2D eigenvalue weighted by molar-refractivity contribution is 9.10. The molecule has 0 aliphatic carbocycles. The fourth-order valence-corrected chi connectivity index (χ4v) is 4.94. The summed E-state index contributed by atoms with van der Waals surface area (Å²) < 4.78 is 8.67. The van der Waals surface area contributed by atoms with E-state index in [4.69, 9.17) is 16.3 Å².